The number of hydrogen-bond donors (Lipinski definition) is 1. The molecule has 0 aliphatic heterocycles. The Hall–Kier alpha value is -1.91. The van der Waals surface area contributed by atoms with E-state index in [4.69, 9.17) is 10.4 Å². The maximum absolute atomic E-state index is 12.4. The summed E-state index contributed by atoms with van der Waals surface area (Å²) in [5, 5.41) is 17.6. The second kappa shape index (κ2) is 6.50. The fourth-order valence-corrected chi connectivity index (χ4v) is 3.24. The topological polar surface area (TPSA) is 98.5 Å². The molecule has 1 N–H and O–H groups in total. The first-order valence-corrected chi connectivity index (χ1v) is 7.43. The Kier molecular flexibility index (Phi) is 5.25. The van der Waals surface area contributed by atoms with Crippen molar-refractivity contribution in [3.05, 3.63) is 29.8 Å². The predicted octanol–water partition coefficient (Wildman–Crippen LogP) is 1.37. The van der Waals surface area contributed by atoms with Gasteiger partial charge in [-0.05, 0) is 26.0 Å². The Bertz CT molecular complexity index is 617. The van der Waals surface area contributed by atoms with Crippen molar-refractivity contribution in [3.8, 4) is 6.07 Å². The summed E-state index contributed by atoms with van der Waals surface area (Å²) in [5.41, 5.74) is 0.902. The van der Waals surface area contributed by atoms with Gasteiger partial charge in [-0.15, -0.1) is 0 Å². The Labute approximate surface area is 118 Å². The van der Waals surface area contributed by atoms with Crippen molar-refractivity contribution >= 4 is 16.0 Å². The van der Waals surface area contributed by atoms with Gasteiger partial charge in [0.05, 0.1) is 11.0 Å². The first kappa shape index (κ1) is 16.1. The second-order valence-electron chi connectivity index (χ2n) is 4.35. The maximum atomic E-state index is 12.4. The van der Waals surface area contributed by atoms with E-state index in [1.54, 1.807) is 12.1 Å². The molecule has 0 saturated heterocycles. The number of sulfonamides is 1. The standard InChI is InChI=1S/C13H16N2O4S/c1-10-4-6-12(7-5-10)20(18,19)15(9-3-8-14)11(2)13(16)17/h4-7,11H,3,9H2,1-2H3,(H,16,17). The molecule has 0 radical (unpaired) electrons. The number of benzene rings is 1. The molecule has 0 fully saturated rings. The van der Waals surface area contributed by atoms with Crippen LogP contribution in [-0.4, -0.2) is 36.4 Å². The van der Waals surface area contributed by atoms with E-state index in [9.17, 15) is 13.2 Å². The minimum Gasteiger partial charge on any atom is -0.480 e. The molecule has 7 heteroatoms. The first-order valence-electron chi connectivity index (χ1n) is 5.99. The lowest BCUT2D eigenvalue weighted by molar-refractivity contribution is -0.140. The second-order valence-corrected chi connectivity index (χ2v) is 6.24. The molecule has 6 nitrogen and oxygen atoms in total. The van der Waals surface area contributed by atoms with Gasteiger partial charge in [0, 0.05) is 13.0 Å². The van der Waals surface area contributed by atoms with Crippen molar-refractivity contribution < 1.29 is 18.3 Å². The number of carboxylic acid groups (broad SMARTS) is 1. The molecule has 1 aromatic carbocycles. The van der Waals surface area contributed by atoms with E-state index in [1.165, 1.54) is 19.1 Å². The highest BCUT2D eigenvalue weighted by Gasteiger charge is 2.32. The molecule has 0 aliphatic rings. The predicted molar refractivity (Wildman–Crippen MR) is 72.4 cm³/mol. The SMILES string of the molecule is Cc1ccc(S(=O)(=O)N(CCC#N)C(C)C(=O)O)cc1. The summed E-state index contributed by atoms with van der Waals surface area (Å²) in [4.78, 5) is 11.1. The highest BCUT2D eigenvalue weighted by atomic mass is 32.2. The van der Waals surface area contributed by atoms with Crippen LogP contribution >= 0.6 is 0 Å². The lowest BCUT2D eigenvalue weighted by atomic mass is 10.2. The lowest BCUT2D eigenvalue weighted by Gasteiger charge is -2.24. The average molecular weight is 296 g/mol. The van der Waals surface area contributed by atoms with Gasteiger partial charge in [-0.2, -0.15) is 9.57 Å². The van der Waals surface area contributed by atoms with Crippen LogP contribution in [-0.2, 0) is 14.8 Å². The summed E-state index contributed by atoms with van der Waals surface area (Å²) in [6.45, 7) is 2.95. The summed E-state index contributed by atoms with van der Waals surface area (Å²) >= 11 is 0. The zero-order valence-corrected chi connectivity index (χ0v) is 12.1. The Morgan fingerprint density at radius 1 is 1.40 bits per heavy atom. The largest absolute Gasteiger partial charge is 0.480 e. The number of aryl methyl sites for hydroxylation is 1. The van der Waals surface area contributed by atoms with Crippen molar-refractivity contribution in [1.82, 2.24) is 4.31 Å². The van der Waals surface area contributed by atoms with Crippen molar-refractivity contribution in [2.24, 2.45) is 0 Å². The molecule has 0 heterocycles. The van der Waals surface area contributed by atoms with Gasteiger partial charge in [0.2, 0.25) is 10.0 Å². The fraction of sp³-hybridized carbons (Fsp3) is 0.385. The van der Waals surface area contributed by atoms with Crippen LogP contribution in [0.25, 0.3) is 0 Å². The van der Waals surface area contributed by atoms with Gasteiger partial charge in [-0.1, -0.05) is 17.7 Å². The van der Waals surface area contributed by atoms with Crippen LogP contribution in [0.3, 0.4) is 0 Å². The minimum absolute atomic E-state index is 0.0224. The summed E-state index contributed by atoms with van der Waals surface area (Å²) in [7, 11) is -3.93. The third-order valence-electron chi connectivity index (χ3n) is 2.86. The van der Waals surface area contributed by atoms with Crippen LogP contribution in [0.4, 0.5) is 0 Å². The molecule has 0 aliphatic carbocycles. The average Bonchev–Trinajstić information content (AvgIpc) is 2.39. The number of carboxylic acids is 1. The fourth-order valence-electron chi connectivity index (χ4n) is 1.65. The maximum Gasteiger partial charge on any atom is 0.321 e. The lowest BCUT2D eigenvalue weighted by Crippen LogP contribution is -2.43. The minimum atomic E-state index is -3.93. The van der Waals surface area contributed by atoms with Crippen molar-refractivity contribution in [1.29, 1.82) is 5.26 Å². The summed E-state index contributed by atoms with van der Waals surface area (Å²) in [6, 6.07) is 6.74. The summed E-state index contributed by atoms with van der Waals surface area (Å²) < 4.78 is 25.7. The molecule has 1 aromatic rings. The monoisotopic (exact) mass is 296 g/mol. The molecule has 20 heavy (non-hydrogen) atoms. The number of carbonyl (C=O) groups is 1. The molecule has 1 rings (SSSR count). The van der Waals surface area contributed by atoms with Gasteiger partial charge >= 0.3 is 5.97 Å². The van der Waals surface area contributed by atoms with E-state index in [0.717, 1.165) is 9.87 Å². The smallest absolute Gasteiger partial charge is 0.321 e. The number of nitriles is 1. The zero-order valence-electron chi connectivity index (χ0n) is 11.3. The van der Waals surface area contributed by atoms with Gasteiger partial charge in [0.1, 0.15) is 6.04 Å². The van der Waals surface area contributed by atoms with E-state index in [-0.39, 0.29) is 17.9 Å². The molecule has 1 atom stereocenters. The number of rotatable bonds is 6. The normalized spacial score (nSPS) is 12.9. The van der Waals surface area contributed by atoms with Crippen LogP contribution in [0, 0.1) is 18.3 Å². The zero-order chi connectivity index (χ0) is 15.3. The molecule has 0 amide bonds. The van der Waals surface area contributed by atoms with Crippen LogP contribution < -0.4 is 0 Å². The van der Waals surface area contributed by atoms with Gasteiger partial charge < -0.3 is 5.11 Å². The van der Waals surface area contributed by atoms with Crippen LogP contribution in [0.15, 0.2) is 29.2 Å². The van der Waals surface area contributed by atoms with Crippen LogP contribution in [0.1, 0.15) is 18.9 Å². The quantitative estimate of drug-likeness (QED) is 0.855. The molecular formula is C13H16N2O4S. The Morgan fingerprint density at radius 3 is 2.40 bits per heavy atom. The van der Waals surface area contributed by atoms with E-state index in [1.807, 2.05) is 13.0 Å². The van der Waals surface area contributed by atoms with E-state index >= 15 is 0 Å². The van der Waals surface area contributed by atoms with Crippen molar-refractivity contribution in [3.63, 3.8) is 0 Å². The van der Waals surface area contributed by atoms with Crippen LogP contribution in [0.5, 0.6) is 0 Å². The highest BCUT2D eigenvalue weighted by molar-refractivity contribution is 7.89. The molecule has 1 unspecified atom stereocenters. The van der Waals surface area contributed by atoms with Gasteiger partial charge in [-0.3, -0.25) is 4.79 Å². The molecule has 0 bridgehead atoms. The third kappa shape index (κ3) is 3.56. The van der Waals surface area contributed by atoms with Gasteiger partial charge in [0.15, 0.2) is 0 Å². The Morgan fingerprint density at radius 2 is 1.95 bits per heavy atom. The molecule has 0 saturated carbocycles. The number of aliphatic carboxylic acids is 1. The van der Waals surface area contributed by atoms with Crippen LogP contribution in [0.2, 0.25) is 0 Å². The molecule has 0 aromatic heterocycles. The van der Waals surface area contributed by atoms with E-state index in [2.05, 4.69) is 0 Å². The number of nitrogens with zero attached hydrogens (tertiary/aromatic N) is 2. The number of hydrogen-bond acceptors (Lipinski definition) is 4. The van der Waals surface area contributed by atoms with E-state index < -0.39 is 22.0 Å². The van der Waals surface area contributed by atoms with Gasteiger partial charge in [0.25, 0.3) is 0 Å². The van der Waals surface area contributed by atoms with Crippen molar-refractivity contribution in [2.75, 3.05) is 6.54 Å². The molecular weight excluding hydrogens is 280 g/mol. The third-order valence-corrected chi connectivity index (χ3v) is 4.85. The van der Waals surface area contributed by atoms with Gasteiger partial charge in [-0.25, -0.2) is 8.42 Å². The molecule has 108 valence electrons. The van der Waals surface area contributed by atoms with Crippen molar-refractivity contribution in [2.45, 2.75) is 31.2 Å². The Balaban J connectivity index is 3.20. The molecule has 0 spiro atoms. The summed E-state index contributed by atoms with van der Waals surface area (Å²) in [5.74, 6) is -1.25. The highest BCUT2D eigenvalue weighted by Crippen LogP contribution is 2.19. The van der Waals surface area contributed by atoms with E-state index in [0.29, 0.717) is 0 Å². The first-order chi connectivity index (χ1) is 9.30. The summed E-state index contributed by atoms with van der Waals surface area (Å²) in [6.07, 6.45) is -0.0668.